The molecule has 1 aromatic heterocycles. The van der Waals surface area contributed by atoms with E-state index in [1.165, 1.54) is 4.90 Å². The van der Waals surface area contributed by atoms with Gasteiger partial charge in [0.2, 0.25) is 0 Å². The number of para-hydroxylation sites is 2. The Labute approximate surface area is 163 Å². The number of halogens is 1. The average molecular weight is 384 g/mol. The third-order valence-corrected chi connectivity index (χ3v) is 5.63. The lowest BCUT2D eigenvalue weighted by Crippen LogP contribution is -3.14. The van der Waals surface area contributed by atoms with Crippen LogP contribution >= 0.6 is 11.6 Å². The summed E-state index contributed by atoms with van der Waals surface area (Å²) in [4.78, 5) is 21.9. The second-order valence-electron chi connectivity index (χ2n) is 7.23. The molecule has 1 aliphatic heterocycles. The zero-order chi connectivity index (χ0) is 18.6. The van der Waals surface area contributed by atoms with E-state index >= 15 is 0 Å². The molecule has 1 aliphatic rings. The van der Waals surface area contributed by atoms with E-state index in [1.54, 1.807) is 0 Å². The van der Waals surface area contributed by atoms with Gasteiger partial charge < -0.3 is 15.2 Å². The lowest BCUT2D eigenvalue weighted by atomic mass is 9.97. The summed E-state index contributed by atoms with van der Waals surface area (Å²) in [6.07, 6.45) is 2.22. The smallest absolute Gasteiger partial charge is 0.275 e. The number of benzene rings is 2. The fourth-order valence-electron chi connectivity index (χ4n) is 3.84. The summed E-state index contributed by atoms with van der Waals surface area (Å²) in [5, 5.41) is 3.68. The van der Waals surface area contributed by atoms with Gasteiger partial charge in [-0.05, 0) is 36.6 Å². The largest absolute Gasteiger partial charge is 0.347 e. The number of hydrogen-bond acceptors (Lipinski definition) is 2. The van der Waals surface area contributed by atoms with Crippen molar-refractivity contribution in [3.8, 4) is 0 Å². The van der Waals surface area contributed by atoms with Gasteiger partial charge in [0.1, 0.15) is 5.82 Å². The van der Waals surface area contributed by atoms with Crippen LogP contribution in [0.4, 0.5) is 0 Å². The highest BCUT2D eigenvalue weighted by Gasteiger charge is 2.28. The molecule has 5 nitrogen and oxygen atoms in total. The molecule has 3 N–H and O–H groups in total. The molecule has 2 atom stereocenters. The quantitative estimate of drug-likeness (QED) is 0.633. The normalized spacial score (nSPS) is 19.9. The number of imidazole rings is 1. The highest BCUT2D eigenvalue weighted by Crippen LogP contribution is 2.22. The van der Waals surface area contributed by atoms with Crippen molar-refractivity contribution < 1.29 is 9.69 Å². The molecular formula is C21H24ClN4O+. The number of likely N-dealkylation sites (tertiary alicyclic amines) is 1. The monoisotopic (exact) mass is 383 g/mol. The summed E-state index contributed by atoms with van der Waals surface area (Å²) in [5.41, 5.74) is 3.04. The van der Waals surface area contributed by atoms with Crippen molar-refractivity contribution in [2.45, 2.75) is 25.3 Å². The molecule has 27 heavy (non-hydrogen) atoms. The Balaban J connectivity index is 1.34. The Morgan fingerprint density at radius 1 is 1.22 bits per heavy atom. The van der Waals surface area contributed by atoms with Crippen molar-refractivity contribution in [2.75, 3.05) is 19.6 Å². The first kappa shape index (κ1) is 18.0. The van der Waals surface area contributed by atoms with Gasteiger partial charge in [0.05, 0.1) is 30.0 Å². The van der Waals surface area contributed by atoms with Gasteiger partial charge in [-0.3, -0.25) is 4.79 Å². The zero-order valence-electron chi connectivity index (χ0n) is 15.2. The van der Waals surface area contributed by atoms with Crippen molar-refractivity contribution in [2.24, 2.45) is 0 Å². The van der Waals surface area contributed by atoms with Crippen LogP contribution in [0.15, 0.2) is 48.5 Å². The number of hydrogen-bond donors (Lipinski definition) is 3. The van der Waals surface area contributed by atoms with Gasteiger partial charge in [0.25, 0.3) is 5.91 Å². The lowest BCUT2D eigenvalue weighted by Gasteiger charge is -2.28. The van der Waals surface area contributed by atoms with Gasteiger partial charge in [-0.1, -0.05) is 41.9 Å². The van der Waals surface area contributed by atoms with Crippen molar-refractivity contribution >= 4 is 28.5 Å². The van der Waals surface area contributed by atoms with E-state index < -0.39 is 0 Å². The molecule has 140 valence electrons. The maximum atomic E-state index is 12.4. The number of fused-ring (bicyclic) bond motifs is 1. The number of rotatable bonds is 5. The molecule has 0 radical (unpaired) electrons. The minimum absolute atomic E-state index is 0.0650. The van der Waals surface area contributed by atoms with Gasteiger partial charge in [-0.25, -0.2) is 4.98 Å². The maximum absolute atomic E-state index is 12.4. The van der Waals surface area contributed by atoms with Crippen molar-refractivity contribution in [1.29, 1.82) is 0 Å². The molecule has 1 amide bonds. The fraction of sp³-hybridized carbons (Fsp3) is 0.333. The number of aromatic amines is 1. The molecule has 2 aromatic carbocycles. The number of amides is 1. The van der Waals surface area contributed by atoms with E-state index in [0.29, 0.717) is 24.0 Å². The van der Waals surface area contributed by atoms with Crippen molar-refractivity contribution in [3.63, 3.8) is 0 Å². The number of H-pyrrole nitrogens is 1. The van der Waals surface area contributed by atoms with E-state index in [-0.39, 0.29) is 5.91 Å². The highest BCUT2D eigenvalue weighted by molar-refractivity contribution is 6.31. The predicted molar refractivity (Wildman–Crippen MR) is 107 cm³/mol. The van der Waals surface area contributed by atoms with Gasteiger partial charge in [-0.2, -0.15) is 0 Å². The van der Waals surface area contributed by atoms with Crippen LogP contribution in [-0.2, 0) is 11.3 Å². The SMILES string of the molecule is O=C(C[NH+]1CCC[C@H](c2nc3ccccc3[nH]2)C1)NCc1ccccc1Cl. The zero-order valence-corrected chi connectivity index (χ0v) is 15.9. The standard InChI is InChI=1S/C21H23ClN4O/c22-17-8-2-1-6-15(17)12-23-20(27)14-26-11-5-7-16(13-26)21-24-18-9-3-4-10-19(18)25-21/h1-4,6,8-10,16H,5,7,11-14H2,(H,23,27)(H,24,25)/p+1/t16-/m0/s1. The van der Waals surface area contributed by atoms with Crippen LogP contribution < -0.4 is 10.2 Å². The van der Waals surface area contributed by atoms with Gasteiger partial charge in [-0.15, -0.1) is 0 Å². The molecule has 6 heteroatoms. The third kappa shape index (κ3) is 4.31. The third-order valence-electron chi connectivity index (χ3n) is 5.26. The van der Waals surface area contributed by atoms with Crippen molar-refractivity contribution in [3.05, 3.63) is 64.9 Å². The average Bonchev–Trinajstić information content (AvgIpc) is 3.12. The van der Waals surface area contributed by atoms with Crippen LogP contribution in [-0.4, -0.2) is 35.5 Å². The van der Waals surface area contributed by atoms with E-state index in [0.717, 1.165) is 48.4 Å². The Morgan fingerprint density at radius 3 is 2.89 bits per heavy atom. The summed E-state index contributed by atoms with van der Waals surface area (Å²) in [5.74, 6) is 1.48. The number of carbonyl (C=O) groups is 1. The minimum atomic E-state index is 0.0650. The van der Waals surface area contributed by atoms with E-state index in [2.05, 4.69) is 16.4 Å². The Kier molecular flexibility index (Phi) is 5.41. The molecule has 4 rings (SSSR count). The molecular weight excluding hydrogens is 360 g/mol. The molecule has 1 fully saturated rings. The first-order chi connectivity index (χ1) is 13.2. The topological polar surface area (TPSA) is 62.2 Å². The molecule has 1 saturated heterocycles. The summed E-state index contributed by atoms with van der Waals surface area (Å²) in [6, 6.07) is 15.7. The number of piperidine rings is 1. The number of quaternary nitrogens is 1. The lowest BCUT2D eigenvalue weighted by molar-refractivity contribution is -0.898. The first-order valence-corrected chi connectivity index (χ1v) is 9.85. The number of aromatic nitrogens is 2. The van der Waals surface area contributed by atoms with Crippen LogP contribution in [0.3, 0.4) is 0 Å². The summed E-state index contributed by atoms with van der Waals surface area (Å²) < 4.78 is 0. The highest BCUT2D eigenvalue weighted by atomic mass is 35.5. The number of nitrogens with one attached hydrogen (secondary N) is 3. The Morgan fingerprint density at radius 2 is 2.04 bits per heavy atom. The second-order valence-corrected chi connectivity index (χ2v) is 7.63. The number of nitrogens with zero attached hydrogens (tertiary/aromatic N) is 1. The van der Waals surface area contributed by atoms with Crippen LogP contribution in [0.2, 0.25) is 5.02 Å². The summed E-state index contributed by atoms with van der Waals surface area (Å²) in [6.45, 7) is 2.91. The predicted octanol–water partition coefficient (Wildman–Crippen LogP) is 2.29. The molecule has 0 aliphatic carbocycles. The van der Waals surface area contributed by atoms with Crippen LogP contribution in [0, 0.1) is 0 Å². The molecule has 2 heterocycles. The summed E-state index contributed by atoms with van der Waals surface area (Å²) in [7, 11) is 0. The van der Waals surface area contributed by atoms with Crippen LogP contribution in [0.5, 0.6) is 0 Å². The van der Waals surface area contributed by atoms with E-state index in [9.17, 15) is 4.79 Å². The maximum Gasteiger partial charge on any atom is 0.275 e. The van der Waals surface area contributed by atoms with Crippen molar-refractivity contribution in [1.82, 2.24) is 15.3 Å². The molecule has 0 spiro atoms. The van der Waals surface area contributed by atoms with Gasteiger partial charge in [0.15, 0.2) is 6.54 Å². The summed E-state index contributed by atoms with van der Waals surface area (Å²) >= 11 is 6.15. The molecule has 0 bridgehead atoms. The minimum Gasteiger partial charge on any atom is -0.347 e. The first-order valence-electron chi connectivity index (χ1n) is 9.47. The molecule has 0 saturated carbocycles. The molecule has 3 aromatic rings. The van der Waals surface area contributed by atoms with Gasteiger partial charge >= 0.3 is 0 Å². The molecule has 1 unspecified atom stereocenters. The van der Waals surface area contributed by atoms with E-state index in [1.807, 2.05) is 42.5 Å². The fourth-order valence-corrected chi connectivity index (χ4v) is 4.04. The van der Waals surface area contributed by atoms with E-state index in [4.69, 9.17) is 16.6 Å². The van der Waals surface area contributed by atoms with Gasteiger partial charge in [0, 0.05) is 11.6 Å². The Hall–Kier alpha value is -2.37. The Bertz CT molecular complexity index is 906. The number of carbonyl (C=O) groups excluding carboxylic acids is 1. The van der Waals surface area contributed by atoms with Crippen LogP contribution in [0.25, 0.3) is 11.0 Å². The van der Waals surface area contributed by atoms with Crippen LogP contribution in [0.1, 0.15) is 30.1 Å². The second kappa shape index (κ2) is 8.11.